The molecule has 3 nitrogen and oxygen atoms in total. The standard InChI is InChI=1S/C10H10BrF2NO2/c1-5-3-6(4-11)14-8(9(12)13)7(5)10(15)16-2/h3,9H,4H2,1-2H3. The molecule has 0 unspecified atom stereocenters. The van der Waals surface area contributed by atoms with E-state index in [1.54, 1.807) is 13.0 Å². The van der Waals surface area contributed by atoms with Crippen LogP contribution in [0.15, 0.2) is 6.07 Å². The molecule has 0 saturated heterocycles. The van der Waals surface area contributed by atoms with E-state index in [4.69, 9.17) is 0 Å². The minimum absolute atomic E-state index is 0.151. The van der Waals surface area contributed by atoms with Gasteiger partial charge in [-0.15, -0.1) is 0 Å². The smallest absolute Gasteiger partial charge is 0.340 e. The maximum atomic E-state index is 12.7. The fourth-order valence-electron chi connectivity index (χ4n) is 1.36. The predicted octanol–water partition coefficient (Wildman–Crippen LogP) is 3.01. The van der Waals surface area contributed by atoms with E-state index in [0.717, 1.165) is 7.11 Å². The van der Waals surface area contributed by atoms with Crippen molar-refractivity contribution in [1.82, 2.24) is 4.98 Å². The molecule has 6 heteroatoms. The Hall–Kier alpha value is -1.04. The molecular formula is C10H10BrF2NO2. The van der Waals surface area contributed by atoms with Gasteiger partial charge in [0.05, 0.1) is 18.4 Å². The maximum Gasteiger partial charge on any atom is 0.340 e. The normalized spacial score (nSPS) is 10.6. The van der Waals surface area contributed by atoms with Gasteiger partial charge in [0.1, 0.15) is 5.69 Å². The Bertz CT molecular complexity index is 410. The molecule has 0 atom stereocenters. The number of hydrogen-bond acceptors (Lipinski definition) is 3. The van der Waals surface area contributed by atoms with Gasteiger partial charge < -0.3 is 4.74 Å². The quantitative estimate of drug-likeness (QED) is 0.635. The molecule has 88 valence electrons. The summed E-state index contributed by atoms with van der Waals surface area (Å²) in [5.41, 5.74) is 0.218. The summed E-state index contributed by atoms with van der Waals surface area (Å²) in [7, 11) is 1.15. The van der Waals surface area contributed by atoms with Crippen molar-refractivity contribution in [3.8, 4) is 0 Å². The Morgan fingerprint density at radius 2 is 2.25 bits per heavy atom. The zero-order valence-corrected chi connectivity index (χ0v) is 10.3. The molecule has 0 aliphatic carbocycles. The highest BCUT2D eigenvalue weighted by molar-refractivity contribution is 9.08. The lowest BCUT2D eigenvalue weighted by molar-refractivity contribution is 0.0586. The molecule has 0 aliphatic rings. The molecule has 1 aromatic rings. The van der Waals surface area contributed by atoms with Crippen LogP contribution in [0.1, 0.15) is 33.7 Å². The number of methoxy groups -OCH3 is 1. The van der Waals surface area contributed by atoms with Crippen molar-refractivity contribution in [2.75, 3.05) is 7.11 Å². The number of carbonyl (C=O) groups is 1. The molecule has 1 aromatic heterocycles. The first-order chi connectivity index (χ1) is 7.51. The van der Waals surface area contributed by atoms with Crippen LogP contribution in [0.3, 0.4) is 0 Å². The Labute approximate surface area is 99.9 Å². The second-order valence-corrected chi connectivity index (χ2v) is 3.68. The largest absolute Gasteiger partial charge is 0.465 e. The van der Waals surface area contributed by atoms with Crippen molar-refractivity contribution in [2.45, 2.75) is 18.7 Å². The number of alkyl halides is 3. The SMILES string of the molecule is COC(=O)c1c(C)cc(CBr)nc1C(F)F. The van der Waals surface area contributed by atoms with Crippen molar-refractivity contribution in [1.29, 1.82) is 0 Å². The molecule has 0 bridgehead atoms. The fourth-order valence-corrected chi connectivity index (χ4v) is 1.65. The summed E-state index contributed by atoms with van der Waals surface area (Å²) < 4.78 is 29.9. The molecule has 0 aliphatic heterocycles. The molecular weight excluding hydrogens is 284 g/mol. The van der Waals surface area contributed by atoms with Crippen molar-refractivity contribution < 1.29 is 18.3 Å². The number of aryl methyl sites for hydroxylation is 1. The number of carbonyl (C=O) groups excluding carboxylic acids is 1. The van der Waals surface area contributed by atoms with Crippen LogP contribution in [0.5, 0.6) is 0 Å². The minimum Gasteiger partial charge on any atom is -0.465 e. The van der Waals surface area contributed by atoms with Gasteiger partial charge in [0.15, 0.2) is 0 Å². The van der Waals surface area contributed by atoms with Crippen LogP contribution in [0.2, 0.25) is 0 Å². The zero-order chi connectivity index (χ0) is 12.3. The summed E-state index contributed by atoms with van der Waals surface area (Å²) in [6, 6.07) is 1.58. The number of ether oxygens (including phenoxy) is 1. The van der Waals surface area contributed by atoms with E-state index < -0.39 is 18.1 Å². The van der Waals surface area contributed by atoms with Gasteiger partial charge in [-0.25, -0.2) is 13.6 Å². The van der Waals surface area contributed by atoms with E-state index in [-0.39, 0.29) is 5.56 Å². The van der Waals surface area contributed by atoms with Crippen LogP contribution in [-0.2, 0) is 10.1 Å². The molecule has 1 rings (SSSR count). The van der Waals surface area contributed by atoms with Gasteiger partial charge in [0, 0.05) is 5.33 Å². The van der Waals surface area contributed by atoms with Gasteiger partial charge in [0.2, 0.25) is 0 Å². The van der Waals surface area contributed by atoms with Crippen molar-refractivity contribution in [3.63, 3.8) is 0 Å². The number of halogens is 3. The second kappa shape index (κ2) is 5.34. The van der Waals surface area contributed by atoms with Gasteiger partial charge in [-0.2, -0.15) is 0 Å². The molecule has 1 heterocycles. The molecule has 0 amide bonds. The minimum atomic E-state index is -2.80. The molecule has 0 radical (unpaired) electrons. The fraction of sp³-hybridized carbons (Fsp3) is 0.400. The number of nitrogens with zero attached hydrogens (tertiary/aromatic N) is 1. The lowest BCUT2D eigenvalue weighted by atomic mass is 10.1. The van der Waals surface area contributed by atoms with Crippen LogP contribution >= 0.6 is 15.9 Å². The number of rotatable bonds is 3. The maximum absolute atomic E-state index is 12.7. The Morgan fingerprint density at radius 1 is 1.62 bits per heavy atom. The van der Waals surface area contributed by atoms with Crippen molar-refractivity contribution in [2.24, 2.45) is 0 Å². The zero-order valence-electron chi connectivity index (χ0n) is 8.76. The average molecular weight is 294 g/mol. The molecule has 0 spiro atoms. The topological polar surface area (TPSA) is 39.2 Å². The first-order valence-corrected chi connectivity index (χ1v) is 5.56. The third kappa shape index (κ3) is 2.55. The summed E-state index contributed by atoms with van der Waals surface area (Å²) in [6.45, 7) is 1.58. The number of pyridine rings is 1. The van der Waals surface area contributed by atoms with Gasteiger partial charge in [-0.05, 0) is 18.6 Å². The van der Waals surface area contributed by atoms with Crippen LogP contribution in [0.25, 0.3) is 0 Å². The molecule has 16 heavy (non-hydrogen) atoms. The first kappa shape index (κ1) is 13.0. The van der Waals surface area contributed by atoms with Crippen LogP contribution < -0.4 is 0 Å². The van der Waals surface area contributed by atoms with Crippen molar-refractivity contribution >= 4 is 21.9 Å². The number of esters is 1. The highest BCUT2D eigenvalue weighted by atomic mass is 79.9. The summed E-state index contributed by atoms with van der Waals surface area (Å²) >= 11 is 3.13. The lowest BCUT2D eigenvalue weighted by Gasteiger charge is -2.11. The van der Waals surface area contributed by atoms with Crippen LogP contribution in [-0.4, -0.2) is 18.1 Å². The third-order valence-electron chi connectivity index (χ3n) is 2.03. The van der Waals surface area contributed by atoms with E-state index in [2.05, 4.69) is 25.7 Å². The van der Waals surface area contributed by atoms with E-state index in [0.29, 0.717) is 16.6 Å². The Balaban J connectivity index is 3.39. The average Bonchev–Trinajstić information content (AvgIpc) is 2.26. The third-order valence-corrected chi connectivity index (χ3v) is 2.61. The summed E-state index contributed by atoms with van der Waals surface area (Å²) in [5, 5.41) is 0.356. The summed E-state index contributed by atoms with van der Waals surface area (Å²) in [4.78, 5) is 15.1. The van der Waals surface area contributed by atoms with E-state index in [1.807, 2.05) is 0 Å². The first-order valence-electron chi connectivity index (χ1n) is 4.44. The molecule has 0 N–H and O–H groups in total. The summed E-state index contributed by atoms with van der Waals surface area (Å²) in [5.74, 6) is -0.790. The highest BCUT2D eigenvalue weighted by Gasteiger charge is 2.23. The van der Waals surface area contributed by atoms with E-state index >= 15 is 0 Å². The van der Waals surface area contributed by atoms with Gasteiger partial charge in [0.25, 0.3) is 6.43 Å². The highest BCUT2D eigenvalue weighted by Crippen LogP contribution is 2.25. The lowest BCUT2D eigenvalue weighted by Crippen LogP contribution is -2.12. The monoisotopic (exact) mass is 293 g/mol. The Morgan fingerprint density at radius 3 is 2.69 bits per heavy atom. The van der Waals surface area contributed by atoms with Crippen LogP contribution in [0.4, 0.5) is 8.78 Å². The molecule has 0 aromatic carbocycles. The molecule has 0 fully saturated rings. The van der Waals surface area contributed by atoms with E-state index in [1.165, 1.54) is 0 Å². The number of aromatic nitrogens is 1. The number of hydrogen-bond donors (Lipinski definition) is 0. The van der Waals surface area contributed by atoms with Crippen molar-refractivity contribution in [3.05, 3.63) is 28.6 Å². The second-order valence-electron chi connectivity index (χ2n) is 3.12. The van der Waals surface area contributed by atoms with Gasteiger partial charge in [-0.1, -0.05) is 15.9 Å². The predicted molar refractivity (Wildman–Crippen MR) is 57.9 cm³/mol. The van der Waals surface area contributed by atoms with Gasteiger partial charge >= 0.3 is 5.97 Å². The molecule has 0 saturated carbocycles. The van der Waals surface area contributed by atoms with Crippen LogP contribution in [0, 0.1) is 6.92 Å². The summed E-state index contributed by atoms with van der Waals surface area (Å²) in [6.07, 6.45) is -2.80. The van der Waals surface area contributed by atoms with E-state index in [9.17, 15) is 13.6 Å². The van der Waals surface area contributed by atoms with Gasteiger partial charge in [-0.3, -0.25) is 4.98 Å². The Kier molecular flexibility index (Phi) is 4.35.